The number of piperazine rings is 1. The Bertz CT molecular complexity index is 293. The summed E-state index contributed by atoms with van der Waals surface area (Å²) in [6.07, 6.45) is 1.49. The lowest BCUT2D eigenvalue weighted by Crippen LogP contribution is -2.57. The Morgan fingerprint density at radius 1 is 1.37 bits per heavy atom. The quantitative estimate of drug-likeness (QED) is 0.750. The van der Waals surface area contributed by atoms with Crippen LogP contribution in [0.3, 0.4) is 0 Å². The molecule has 0 atom stereocenters. The highest BCUT2D eigenvalue weighted by Gasteiger charge is 2.30. The molecule has 1 saturated heterocycles. The SMILES string of the molecule is CN(CCCN)C(=O)CCN1CCN(C)C(C)(C)C1. The van der Waals surface area contributed by atoms with E-state index in [1.54, 1.807) is 4.90 Å². The molecule has 1 rings (SSSR count). The molecular formula is C14H30N4O. The van der Waals surface area contributed by atoms with Crippen LogP contribution in [0.1, 0.15) is 26.7 Å². The van der Waals surface area contributed by atoms with Crippen LogP contribution in [0.4, 0.5) is 0 Å². The van der Waals surface area contributed by atoms with Crippen LogP contribution in [-0.4, -0.2) is 79.5 Å². The van der Waals surface area contributed by atoms with E-state index >= 15 is 0 Å². The van der Waals surface area contributed by atoms with Crippen molar-refractivity contribution in [1.82, 2.24) is 14.7 Å². The van der Waals surface area contributed by atoms with Crippen molar-refractivity contribution in [2.24, 2.45) is 5.73 Å². The summed E-state index contributed by atoms with van der Waals surface area (Å²) in [5.41, 5.74) is 5.66. The van der Waals surface area contributed by atoms with Gasteiger partial charge in [-0.3, -0.25) is 14.6 Å². The molecule has 1 aliphatic rings. The normalized spacial score (nSPS) is 20.5. The zero-order valence-electron chi connectivity index (χ0n) is 13.0. The van der Waals surface area contributed by atoms with Crippen molar-refractivity contribution < 1.29 is 4.79 Å². The number of likely N-dealkylation sites (N-methyl/N-ethyl adjacent to an activating group) is 1. The van der Waals surface area contributed by atoms with Crippen molar-refractivity contribution in [3.63, 3.8) is 0 Å². The molecule has 1 fully saturated rings. The number of hydrogen-bond acceptors (Lipinski definition) is 4. The van der Waals surface area contributed by atoms with Crippen molar-refractivity contribution in [3.8, 4) is 0 Å². The lowest BCUT2D eigenvalue weighted by molar-refractivity contribution is -0.130. The van der Waals surface area contributed by atoms with Gasteiger partial charge in [-0.2, -0.15) is 0 Å². The summed E-state index contributed by atoms with van der Waals surface area (Å²) in [6, 6.07) is 0. The third-order valence-electron chi connectivity index (χ3n) is 4.16. The van der Waals surface area contributed by atoms with Gasteiger partial charge >= 0.3 is 0 Å². The van der Waals surface area contributed by atoms with Crippen LogP contribution in [-0.2, 0) is 4.79 Å². The van der Waals surface area contributed by atoms with Gasteiger partial charge in [-0.1, -0.05) is 0 Å². The monoisotopic (exact) mass is 270 g/mol. The maximum Gasteiger partial charge on any atom is 0.223 e. The number of amides is 1. The van der Waals surface area contributed by atoms with Crippen molar-refractivity contribution in [2.75, 3.05) is 53.4 Å². The molecule has 0 saturated carbocycles. The number of carbonyl (C=O) groups is 1. The van der Waals surface area contributed by atoms with Gasteiger partial charge in [-0.05, 0) is 33.9 Å². The molecule has 0 aromatic rings. The fourth-order valence-electron chi connectivity index (χ4n) is 2.43. The van der Waals surface area contributed by atoms with Crippen LogP contribution < -0.4 is 5.73 Å². The molecule has 112 valence electrons. The third kappa shape index (κ3) is 5.09. The first kappa shape index (κ1) is 16.4. The molecule has 0 aromatic carbocycles. The Kier molecular flexibility index (Phi) is 6.23. The lowest BCUT2D eigenvalue weighted by atomic mass is 9.99. The number of rotatable bonds is 6. The van der Waals surface area contributed by atoms with E-state index in [9.17, 15) is 4.79 Å². The summed E-state index contributed by atoms with van der Waals surface area (Å²) in [7, 11) is 4.04. The maximum absolute atomic E-state index is 12.0. The first-order chi connectivity index (χ1) is 8.86. The molecule has 1 amide bonds. The molecule has 2 N–H and O–H groups in total. The van der Waals surface area contributed by atoms with Crippen molar-refractivity contribution >= 4 is 5.91 Å². The summed E-state index contributed by atoms with van der Waals surface area (Å²) < 4.78 is 0. The minimum absolute atomic E-state index is 0.201. The summed E-state index contributed by atoms with van der Waals surface area (Å²) in [4.78, 5) is 18.6. The molecular weight excluding hydrogens is 240 g/mol. The minimum atomic E-state index is 0.201. The van der Waals surface area contributed by atoms with Gasteiger partial charge in [0.15, 0.2) is 0 Å². The van der Waals surface area contributed by atoms with Crippen LogP contribution in [0.25, 0.3) is 0 Å². The molecule has 0 aliphatic carbocycles. The molecule has 1 aliphatic heterocycles. The number of carbonyl (C=O) groups excluding carboxylic acids is 1. The second-order valence-electron chi connectivity index (χ2n) is 6.22. The largest absolute Gasteiger partial charge is 0.346 e. The maximum atomic E-state index is 12.0. The average molecular weight is 270 g/mol. The average Bonchev–Trinajstić information content (AvgIpc) is 2.36. The zero-order chi connectivity index (χ0) is 14.5. The molecule has 0 aromatic heterocycles. The van der Waals surface area contributed by atoms with Gasteiger partial charge in [0.1, 0.15) is 0 Å². The van der Waals surface area contributed by atoms with Crippen LogP contribution in [0.2, 0.25) is 0 Å². The van der Waals surface area contributed by atoms with E-state index in [2.05, 4.69) is 30.7 Å². The highest BCUT2D eigenvalue weighted by molar-refractivity contribution is 5.76. The van der Waals surface area contributed by atoms with Gasteiger partial charge in [0, 0.05) is 51.7 Å². The van der Waals surface area contributed by atoms with Gasteiger partial charge in [0.25, 0.3) is 0 Å². The van der Waals surface area contributed by atoms with E-state index in [4.69, 9.17) is 5.73 Å². The van der Waals surface area contributed by atoms with Crippen LogP contribution >= 0.6 is 0 Å². The molecule has 0 radical (unpaired) electrons. The molecule has 5 heteroatoms. The Morgan fingerprint density at radius 2 is 2.05 bits per heavy atom. The Hall–Kier alpha value is -0.650. The molecule has 19 heavy (non-hydrogen) atoms. The number of nitrogens with two attached hydrogens (primary N) is 1. The summed E-state index contributed by atoms with van der Waals surface area (Å²) in [5.74, 6) is 0.227. The minimum Gasteiger partial charge on any atom is -0.346 e. The Balaban J connectivity index is 2.31. The molecule has 0 unspecified atom stereocenters. The Labute approximate surface area is 117 Å². The summed E-state index contributed by atoms with van der Waals surface area (Å²) >= 11 is 0. The van der Waals surface area contributed by atoms with Crippen LogP contribution in [0.5, 0.6) is 0 Å². The molecule has 0 spiro atoms. The van der Waals surface area contributed by atoms with Gasteiger partial charge in [0.05, 0.1) is 0 Å². The fourth-order valence-corrected chi connectivity index (χ4v) is 2.43. The van der Waals surface area contributed by atoms with E-state index in [0.29, 0.717) is 13.0 Å². The predicted octanol–water partition coefficient (Wildman–Crippen LogP) is 0.210. The molecule has 0 bridgehead atoms. The predicted molar refractivity (Wildman–Crippen MR) is 79.1 cm³/mol. The second kappa shape index (κ2) is 7.22. The van der Waals surface area contributed by atoms with Crippen molar-refractivity contribution in [3.05, 3.63) is 0 Å². The topological polar surface area (TPSA) is 52.8 Å². The van der Waals surface area contributed by atoms with E-state index in [1.165, 1.54) is 0 Å². The van der Waals surface area contributed by atoms with Crippen molar-refractivity contribution in [1.29, 1.82) is 0 Å². The first-order valence-corrected chi connectivity index (χ1v) is 7.24. The van der Waals surface area contributed by atoms with Crippen molar-refractivity contribution in [2.45, 2.75) is 32.2 Å². The fraction of sp³-hybridized carbons (Fsp3) is 0.929. The number of hydrogen-bond donors (Lipinski definition) is 1. The highest BCUT2D eigenvalue weighted by Crippen LogP contribution is 2.18. The van der Waals surface area contributed by atoms with Gasteiger partial charge in [0.2, 0.25) is 5.91 Å². The third-order valence-corrected chi connectivity index (χ3v) is 4.16. The lowest BCUT2D eigenvalue weighted by Gasteiger charge is -2.45. The van der Waals surface area contributed by atoms with Crippen LogP contribution in [0.15, 0.2) is 0 Å². The van der Waals surface area contributed by atoms with Gasteiger partial charge in [-0.15, -0.1) is 0 Å². The van der Waals surface area contributed by atoms with Gasteiger partial charge in [-0.25, -0.2) is 0 Å². The zero-order valence-corrected chi connectivity index (χ0v) is 13.0. The van der Waals surface area contributed by atoms with Gasteiger partial charge < -0.3 is 10.6 Å². The first-order valence-electron chi connectivity index (χ1n) is 7.24. The van der Waals surface area contributed by atoms with E-state index in [0.717, 1.165) is 39.1 Å². The standard InChI is InChI=1S/C14H30N4O/c1-14(2)12-18(11-10-17(14)4)9-6-13(19)16(3)8-5-7-15/h5-12,15H2,1-4H3. The van der Waals surface area contributed by atoms with E-state index < -0.39 is 0 Å². The van der Waals surface area contributed by atoms with E-state index in [-0.39, 0.29) is 11.4 Å². The smallest absolute Gasteiger partial charge is 0.223 e. The highest BCUT2D eigenvalue weighted by atomic mass is 16.2. The molecule has 5 nitrogen and oxygen atoms in total. The van der Waals surface area contributed by atoms with E-state index in [1.807, 2.05) is 7.05 Å². The summed E-state index contributed by atoms with van der Waals surface area (Å²) in [5, 5.41) is 0. The number of nitrogens with zero attached hydrogens (tertiary/aromatic N) is 3. The summed E-state index contributed by atoms with van der Waals surface area (Å²) in [6.45, 7) is 9.95. The van der Waals surface area contributed by atoms with Crippen LogP contribution in [0, 0.1) is 0 Å². The second-order valence-corrected chi connectivity index (χ2v) is 6.22. The molecule has 1 heterocycles. The Morgan fingerprint density at radius 3 is 2.63 bits per heavy atom.